The van der Waals surface area contributed by atoms with E-state index in [1.54, 1.807) is 0 Å². The van der Waals surface area contributed by atoms with E-state index in [1.807, 2.05) is 44.2 Å². The van der Waals surface area contributed by atoms with Crippen molar-refractivity contribution in [1.82, 2.24) is 10.6 Å². The molecule has 0 radical (unpaired) electrons. The molecule has 0 aromatic heterocycles. The molecule has 9 heteroatoms. The van der Waals surface area contributed by atoms with E-state index in [1.165, 1.54) is 0 Å². The molecule has 29 heavy (non-hydrogen) atoms. The second-order valence-corrected chi connectivity index (χ2v) is 7.17. The van der Waals surface area contributed by atoms with Crippen LogP contribution in [0.4, 0.5) is 0 Å². The summed E-state index contributed by atoms with van der Waals surface area (Å²) in [5.74, 6) is -2.07. The lowest BCUT2D eigenvalue weighted by Crippen LogP contribution is -2.49. The first-order valence-corrected chi connectivity index (χ1v) is 9.50. The molecule has 0 spiro atoms. The molecule has 2 atom stereocenters. The topological polar surface area (TPSA) is 154 Å². The maximum absolute atomic E-state index is 12.4. The molecule has 2 unspecified atom stereocenters. The highest BCUT2D eigenvalue weighted by Crippen LogP contribution is 2.08. The Morgan fingerprint density at radius 1 is 1.10 bits per heavy atom. The Bertz CT molecular complexity index is 693. The van der Waals surface area contributed by atoms with Crippen molar-refractivity contribution in [2.24, 2.45) is 17.4 Å². The van der Waals surface area contributed by atoms with Crippen molar-refractivity contribution in [3.63, 3.8) is 0 Å². The molecule has 0 aliphatic heterocycles. The predicted molar refractivity (Wildman–Crippen MR) is 107 cm³/mol. The number of nitrogens with two attached hydrogens (primary N) is 2. The largest absolute Gasteiger partial charge is 0.459 e. The van der Waals surface area contributed by atoms with E-state index >= 15 is 0 Å². The van der Waals surface area contributed by atoms with E-state index in [0.29, 0.717) is 6.42 Å². The Labute approximate surface area is 170 Å². The number of esters is 1. The van der Waals surface area contributed by atoms with Gasteiger partial charge in [-0.2, -0.15) is 0 Å². The Morgan fingerprint density at radius 2 is 1.76 bits per heavy atom. The number of primary amides is 1. The maximum Gasteiger partial charge on any atom is 0.328 e. The molecule has 0 heterocycles. The van der Waals surface area contributed by atoms with Gasteiger partial charge in [-0.25, -0.2) is 4.79 Å². The van der Waals surface area contributed by atoms with Crippen molar-refractivity contribution < 1.29 is 23.9 Å². The lowest BCUT2D eigenvalue weighted by Gasteiger charge is -2.20. The van der Waals surface area contributed by atoms with Crippen molar-refractivity contribution >= 4 is 23.7 Å². The highest BCUT2D eigenvalue weighted by atomic mass is 16.5. The molecule has 3 amide bonds. The van der Waals surface area contributed by atoms with Crippen molar-refractivity contribution in [2.45, 2.75) is 51.8 Å². The van der Waals surface area contributed by atoms with E-state index in [-0.39, 0.29) is 31.9 Å². The summed E-state index contributed by atoms with van der Waals surface area (Å²) in [5.41, 5.74) is 11.5. The van der Waals surface area contributed by atoms with Crippen molar-refractivity contribution in [3.05, 3.63) is 35.9 Å². The number of carbonyl (C=O) groups excluding carboxylic acids is 4. The first-order valence-electron chi connectivity index (χ1n) is 9.50. The van der Waals surface area contributed by atoms with Gasteiger partial charge in [0.2, 0.25) is 17.7 Å². The Kier molecular flexibility index (Phi) is 10.4. The van der Waals surface area contributed by atoms with Crippen LogP contribution in [0.3, 0.4) is 0 Å². The van der Waals surface area contributed by atoms with E-state index in [0.717, 1.165) is 5.56 Å². The smallest absolute Gasteiger partial charge is 0.328 e. The van der Waals surface area contributed by atoms with Gasteiger partial charge >= 0.3 is 5.97 Å². The summed E-state index contributed by atoms with van der Waals surface area (Å²) >= 11 is 0. The quantitative estimate of drug-likeness (QED) is 0.358. The molecule has 6 N–H and O–H groups in total. The zero-order valence-electron chi connectivity index (χ0n) is 16.9. The lowest BCUT2D eigenvalue weighted by atomic mass is 10.0. The molecule has 0 saturated carbocycles. The number of hydrogen-bond donors (Lipinski definition) is 4. The molecule has 0 aliphatic rings. The second-order valence-electron chi connectivity index (χ2n) is 7.17. The minimum atomic E-state index is -0.947. The second kappa shape index (κ2) is 12.5. The van der Waals surface area contributed by atoms with Gasteiger partial charge in [-0.05, 0) is 24.3 Å². The van der Waals surface area contributed by atoms with Crippen molar-refractivity contribution in [1.29, 1.82) is 0 Å². The van der Waals surface area contributed by atoms with Crippen molar-refractivity contribution in [2.75, 3.05) is 6.54 Å². The third kappa shape index (κ3) is 10.2. The molecular formula is C20H30N4O5. The minimum Gasteiger partial charge on any atom is -0.459 e. The molecule has 160 valence electrons. The van der Waals surface area contributed by atoms with Crippen LogP contribution in [0, 0.1) is 5.92 Å². The van der Waals surface area contributed by atoms with E-state index in [2.05, 4.69) is 10.6 Å². The number of amides is 3. The summed E-state index contributed by atoms with van der Waals surface area (Å²) < 4.78 is 5.31. The average molecular weight is 406 g/mol. The summed E-state index contributed by atoms with van der Waals surface area (Å²) in [7, 11) is 0. The van der Waals surface area contributed by atoms with E-state index < -0.39 is 35.8 Å². The molecule has 0 bridgehead atoms. The van der Waals surface area contributed by atoms with Crippen molar-refractivity contribution in [3.8, 4) is 0 Å². The van der Waals surface area contributed by atoms with Crippen LogP contribution in [-0.2, 0) is 30.5 Å². The maximum atomic E-state index is 12.4. The van der Waals surface area contributed by atoms with Crippen LogP contribution in [0.1, 0.15) is 38.7 Å². The molecular weight excluding hydrogens is 376 g/mol. The zero-order chi connectivity index (χ0) is 21.8. The molecule has 0 aliphatic carbocycles. The standard InChI is InChI=1S/C20H30N4O5/c1-13(2)10-16(20(28)29-12-14-6-4-3-5-7-14)24-18(26)11-23-19(27)15(21)8-9-17(22)25/h3-7,13,15-16H,8-12,21H2,1-2H3,(H2,22,25)(H,23,27)(H,24,26). The number of carbonyl (C=O) groups is 4. The highest BCUT2D eigenvalue weighted by molar-refractivity contribution is 5.90. The number of benzene rings is 1. The first kappa shape index (κ1) is 24.1. The molecule has 1 aromatic carbocycles. The third-order valence-electron chi connectivity index (χ3n) is 4.01. The van der Waals surface area contributed by atoms with Gasteiger partial charge in [0.05, 0.1) is 12.6 Å². The fourth-order valence-electron chi connectivity index (χ4n) is 2.49. The van der Waals surface area contributed by atoms with Crippen LogP contribution in [0.5, 0.6) is 0 Å². The normalized spacial score (nSPS) is 12.7. The van der Waals surface area contributed by atoms with Gasteiger partial charge in [-0.15, -0.1) is 0 Å². The van der Waals surface area contributed by atoms with Gasteiger partial charge in [-0.1, -0.05) is 44.2 Å². The van der Waals surface area contributed by atoms with Gasteiger partial charge in [0.1, 0.15) is 12.6 Å². The van der Waals surface area contributed by atoms with Crippen LogP contribution in [0.25, 0.3) is 0 Å². The highest BCUT2D eigenvalue weighted by Gasteiger charge is 2.24. The lowest BCUT2D eigenvalue weighted by molar-refractivity contribution is -0.149. The van der Waals surface area contributed by atoms with Crippen LogP contribution in [0.15, 0.2) is 30.3 Å². The van der Waals surface area contributed by atoms with Gasteiger partial charge < -0.3 is 26.8 Å². The van der Waals surface area contributed by atoms with Gasteiger partial charge in [0.15, 0.2) is 0 Å². The number of nitrogens with one attached hydrogen (secondary N) is 2. The SMILES string of the molecule is CC(C)CC(NC(=O)CNC(=O)C(N)CCC(N)=O)C(=O)OCc1ccccc1. The van der Waals surface area contributed by atoms with Crippen LogP contribution in [-0.4, -0.2) is 42.3 Å². The summed E-state index contributed by atoms with van der Waals surface area (Å²) in [6, 6.07) is 7.44. The summed E-state index contributed by atoms with van der Waals surface area (Å²) in [5, 5.41) is 4.97. The minimum absolute atomic E-state index is 0.0233. The molecule has 0 fully saturated rings. The van der Waals surface area contributed by atoms with Crippen LogP contribution in [0.2, 0.25) is 0 Å². The first-order chi connectivity index (χ1) is 13.7. The Morgan fingerprint density at radius 3 is 2.34 bits per heavy atom. The van der Waals surface area contributed by atoms with Gasteiger partial charge in [-0.3, -0.25) is 14.4 Å². The summed E-state index contributed by atoms with van der Waals surface area (Å²) in [6.45, 7) is 3.60. The average Bonchev–Trinajstić information content (AvgIpc) is 2.68. The third-order valence-corrected chi connectivity index (χ3v) is 4.01. The van der Waals surface area contributed by atoms with Gasteiger partial charge in [0, 0.05) is 6.42 Å². The summed E-state index contributed by atoms with van der Waals surface area (Å²) in [4.78, 5) is 47.1. The number of ether oxygens (including phenoxy) is 1. The summed E-state index contributed by atoms with van der Waals surface area (Å²) in [6.07, 6.45) is 0.459. The van der Waals surface area contributed by atoms with Crippen LogP contribution < -0.4 is 22.1 Å². The fourth-order valence-corrected chi connectivity index (χ4v) is 2.49. The predicted octanol–water partition coefficient (Wildman–Crippen LogP) is -0.0303. The Hall–Kier alpha value is -2.94. The monoisotopic (exact) mass is 406 g/mol. The van der Waals surface area contributed by atoms with Gasteiger partial charge in [0.25, 0.3) is 0 Å². The zero-order valence-corrected chi connectivity index (χ0v) is 16.9. The fraction of sp³-hybridized carbons (Fsp3) is 0.500. The molecule has 9 nitrogen and oxygen atoms in total. The number of rotatable bonds is 12. The van der Waals surface area contributed by atoms with Crippen LogP contribution >= 0.6 is 0 Å². The number of hydrogen-bond acceptors (Lipinski definition) is 6. The Balaban J connectivity index is 2.51. The van der Waals surface area contributed by atoms with E-state index in [4.69, 9.17) is 16.2 Å². The molecule has 1 aromatic rings. The molecule has 1 rings (SSSR count). The van der Waals surface area contributed by atoms with E-state index in [9.17, 15) is 19.2 Å². The molecule has 0 saturated heterocycles.